The van der Waals surface area contributed by atoms with Gasteiger partial charge in [-0.05, 0) is 5.56 Å². The molecule has 1 aromatic carbocycles. The van der Waals surface area contributed by atoms with E-state index in [0.717, 1.165) is 11.3 Å². The fourth-order valence-electron chi connectivity index (χ4n) is 1.69. The summed E-state index contributed by atoms with van der Waals surface area (Å²) < 4.78 is 0.621. The van der Waals surface area contributed by atoms with Crippen LogP contribution in [0.3, 0.4) is 0 Å². The summed E-state index contributed by atoms with van der Waals surface area (Å²) in [7, 11) is 0. The van der Waals surface area contributed by atoms with Crippen molar-refractivity contribution in [1.29, 1.82) is 0 Å². The van der Waals surface area contributed by atoms with E-state index in [9.17, 15) is 9.90 Å². The number of aliphatic hydroxyl groups is 1. The van der Waals surface area contributed by atoms with E-state index in [2.05, 4.69) is 0 Å². The van der Waals surface area contributed by atoms with Gasteiger partial charge in [0.15, 0.2) is 0 Å². The quantitative estimate of drug-likeness (QED) is 0.850. The van der Waals surface area contributed by atoms with Crippen LogP contribution in [0.5, 0.6) is 0 Å². The number of hydrogen-bond donors (Lipinski definition) is 1. The topological polar surface area (TPSA) is 40.5 Å². The lowest BCUT2D eigenvalue weighted by Crippen LogP contribution is -2.31. The van der Waals surface area contributed by atoms with E-state index in [4.69, 9.17) is 12.2 Å². The Kier molecular flexibility index (Phi) is 4.15. The van der Waals surface area contributed by atoms with Gasteiger partial charge in [0.05, 0.1) is 12.5 Å². The average molecular weight is 267 g/mol. The van der Waals surface area contributed by atoms with Gasteiger partial charge in [-0.25, -0.2) is 0 Å². The molecule has 3 nitrogen and oxygen atoms in total. The molecular formula is C12H13NO2S2. The van der Waals surface area contributed by atoms with Crippen molar-refractivity contribution in [3.63, 3.8) is 0 Å². The highest BCUT2D eigenvalue weighted by atomic mass is 32.2. The molecule has 1 amide bonds. The number of amides is 1. The zero-order valence-corrected chi connectivity index (χ0v) is 10.8. The van der Waals surface area contributed by atoms with E-state index in [0.29, 0.717) is 10.9 Å². The molecule has 1 atom stereocenters. The molecule has 0 aliphatic carbocycles. The van der Waals surface area contributed by atoms with Crippen LogP contribution in [-0.4, -0.2) is 32.5 Å². The molecule has 1 saturated heterocycles. The van der Waals surface area contributed by atoms with Crippen LogP contribution in [0, 0.1) is 0 Å². The highest BCUT2D eigenvalue weighted by Gasteiger charge is 2.25. The Morgan fingerprint density at radius 1 is 1.47 bits per heavy atom. The molecule has 0 aromatic heterocycles. The van der Waals surface area contributed by atoms with Gasteiger partial charge >= 0.3 is 0 Å². The second kappa shape index (κ2) is 5.62. The van der Waals surface area contributed by atoms with E-state index >= 15 is 0 Å². The third-order valence-corrected chi connectivity index (χ3v) is 4.04. The van der Waals surface area contributed by atoms with E-state index in [1.54, 1.807) is 4.90 Å². The maximum absolute atomic E-state index is 11.9. The first-order chi connectivity index (χ1) is 8.18. The fraction of sp³-hybridized carbons (Fsp3) is 0.333. The zero-order valence-electron chi connectivity index (χ0n) is 9.20. The Morgan fingerprint density at radius 3 is 2.76 bits per heavy atom. The summed E-state index contributed by atoms with van der Waals surface area (Å²) in [5.41, 5.74) is 0.763. The lowest BCUT2D eigenvalue weighted by atomic mass is 10.1. The second-order valence-corrected chi connectivity index (χ2v) is 5.52. The summed E-state index contributed by atoms with van der Waals surface area (Å²) in [6.07, 6.45) is -0.665. The number of thiocarbonyl (C=S) groups is 1. The van der Waals surface area contributed by atoms with Crippen LogP contribution in [-0.2, 0) is 4.79 Å². The zero-order chi connectivity index (χ0) is 12.3. The first-order valence-electron chi connectivity index (χ1n) is 5.38. The standard InChI is InChI=1S/C12H13NO2S2/c14-10(9-4-2-1-3-5-9)8-11(15)13-6-7-17-12(13)16/h1-5,10,14H,6-8H2/t10-/m0/s1. The SMILES string of the molecule is O=C(C[C@H](O)c1ccccc1)N1CCSC1=S. The van der Waals surface area contributed by atoms with Crippen LogP contribution in [0.4, 0.5) is 0 Å². The normalized spacial score (nSPS) is 17.2. The third-order valence-electron chi connectivity index (χ3n) is 2.61. The molecule has 1 aromatic rings. The molecule has 2 rings (SSSR count). The summed E-state index contributed by atoms with van der Waals surface area (Å²) in [6.45, 7) is 0.657. The predicted octanol–water partition coefficient (Wildman–Crippen LogP) is 1.97. The van der Waals surface area contributed by atoms with Gasteiger partial charge < -0.3 is 5.11 Å². The van der Waals surface area contributed by atoms with Crippen molar-refractivity contribution < 1.29 is 9.90 Å². The van der Waals surface area contributed by atoms with Crippen molar-refractivity contribution in [3.8, 4) is 0 Å². The Hall–Kier alpha value is -0.910. The van der Waals surface area contributed by atoms with Crippen molar-refractivity contribution in [3.05, 3.63) is 35.9 Å². The van der Waals surface area contributed by atoms with E-state index in [-0.39, 0.29) is 12.3 Å². The molecule has 1 aliphatic rings. The van der Waals surface area contributed by atoms with Gasteiger partial charge in [-0.2, -0.15) is 0 Å². The van der Waals surface area contributed by atoms with Crippen LogP contribution in [0.1, 0.15) is 18.1 Å². The summed E-state index contributed by atoms with van der Waals surface area (Å²) in [5, 5.41) is 9.94. The number of hydrogen-bond acceptors (Lipinski definition) is 4. The van der Waals surface area contributed by atoms with Crippen molar-refractivity contribution in [2.24, 2.45) is 0 Å². The van der Waals surface area contributed by atoms with Gasteiger partial charge in [-0.1, -0.05) is 54.3 Å². The number of carbonyl (C=O) groups is 1. The van der Waals surface area contributed by atoms with Crippen LogP contribution in [0.25, 0.3) is 0 Å². The maximum atomic E-state index is 11.9. The minimum atomic E-state index is -0.753. The Labute approximate surface area is 110 Å². The molecule has 1 fully saturated rings. The van der Waals surface area contributed by atoms with E-state index in [1.807, 2.05) is 30.3 Å². The van der Waals surface area contributed by atoms with E-state index in [1.165, 1.54) is 11.8 Å². The molecule has 0 unspecified atom stereocenters. The number of carbonyl (C=O) groups excluding carboxylic acids is 1. The maximum Gasteiger partial charge on any atom is 0.230 e. The molecule has 17 heavy (non-hydrogen) atoms. The van der Waals surface area contributed by atoms with Crippen molar-refractivity contribution in [2.75, 3.05) is 12.3 Å². The van der Waals surface area contributed by atoms with Gasteiger partial charge in [0, 0.05) is 12.3 Å². The Morgan fingerprint density at radius 2 is 2.18 bits per heavy atom. The van der Waals surface area contributed by atoms with Crippen molar-refractivity contribution >= 4 is 34.2 Å². The van der Waals surface area contributed by atoms with Crippen LogP contribution in [0.15, 0.2) is 30.3 Å². The Bertz CT molecular complexity index is 422. The summed E-state index contributed by atoms with van der Waals surface area (Å²) >= 11 is 6.58. The highest BCUT2D eigenvalue weighted by Crippen LogP contribution is 2.22. The third kappa shape index (κ3) is 3.06. The molecule has 1 aliphatic heterocycles. The second-order valence-electron chi connectivity index (χ2n) is 3.79. The number of aliphatic hydroxyl groups excluding tert-OH is 1. The van der Waals surface area contributed by atoms with Crippen LogP contribution < -0.4 is 0 Å². The molecule has 90 valence electrons. The van der Waals surface area contributed by atoms with Crippen molar-refractivity contribution in [2.45, 2.75) is 12.5 Å². The molecule has 5 heteroatoms. The average Bonchev–Trinajstić information content (AvgIpc) is 2.76. The number of nitrogens with zero attached hydrogens (tertiary/aromatic N) is 1. The Balaban J connectivity index is 1.97. The molecule has 0 saturated carbocycles. The molecular weight excluding hydrogens is 254 g/mol. The fourth-order valence-corrected chi connectivity index (χ4v) is 2.93. The van der Waals surface area contributed by atoms with E-state index < -0.39 is 6.10 Å². The van der Waals surface area contributed by atoms with Crippen molar-refractivity contribution in [1.82, 2.24) is 4.90 Å². The number of thioether (sulfide) groups is 1. The van der Waals surface area contributed by atoms with Gasteiger partial charge in [0.1, 0.15) is 4.32 Å². The molecule has 0 spiro atoms. The van der Waals surface area contributed by atoms with Gasteiger partial charge in [0.25, 0.3) is 0 Å². The largest absolute Gasteiger partial charge is 0.388 e. The molecule has 0 bridgehead atoms. The number of rotatable bonds is 3. The smallest absolute Gasteiger partial charge is 0.230 e. The lowest BCUT2D eigenvalue weighted by molar-refractivity contribution is -0.128. The highest BCUT2D eigenvalue weighted by molar-refractivity contribution is 8.23. The minimum Gasteiger partial charge on any atom is -0.388 e. The molecule has 1 heterocycles. The molecule has 0 radical (unpaired) electrons. The first-order valence-corrected chi connectivity index (χ1v) is 6.78. The summed E-state index contributed by atoms with van der Waals surface area (Å²) in [4.78, 5) is 13.5. The monoisotopic (exact) mass is 267 g/mol. The summed E-state index contributed by atoms with van der Waals surface area (Å²) in [5.74, 6) is 0.753. The molecule has 1 N–H and O–H groups in total. The first kappa shape index (κ1) is 12.5. The predicted molar refractivity (Wildman–Crippen MR) is 72.8 cm³/mol. The van der Waals surface area contributed by atoms with Gasteiger partial charge in [-0.15, -0.1) is 0 Å². The lowest BCUT2D eigenvalue weighted by Gasteiger charge is -2.17. The minimum absolute atomic E-state index is 0.0880. The van der Waals surface area contributed by atoms with Gasteiger partial charge in [0.2, 0.25) is 5.91 Å². The van der Waals surface area contributed by atoms with Crippen LogP contribution in [0.2, 0.25) is 0 Å². The number of benzene rings is 1. The summed E-state index contributed by atoms with van der Waals surface area (Å²) in [6, 6.07) is 9.20. The van der Waals surface area contributed by atoms with Gasteiger partial charge in [-0.3, -0.25) is 9.69 Å². The van der Waals surface area contributed by atoms with Crippen LogP contribution >= 0.6 is 24.0 Å².